The Hall–Kier alpha value is -0.590. The maximum absolute atomic E-state index is 9.18. The fourth-order valence-corrected chi connectivity index (χ4v) is 2.27. The molecular formula is C11H19NO2. The molecule has 1 aliphatic rings. The fraction of sp³-hybridized carbons (Fsp3) is 0.909. The molecule has 0 spiro atoms. The van der Waals surface area contributed by atoms with Crippen molar-refractivity contribution in [2.45, 2.75) is 44.6 Å². The van der Waals surface area contributed by atoms with E-state index in [1.165, 1.54) is 0 Å². The summed E-state index contributed by atoms with van der Waals surface area (Å²) in [4.78, 5) is 0. The van der Waals surface area contributed by atoms with Gasteiger partial charge in [-0.25, -0.2) is 0 Å². The Morgan fingerprint density at radius 1 is 1.64 bits per heavy atom. The molecule has 0 radical (unpaired) electrons. The van der Waals surface area contributed by atoms with Gasteiger partial charge in [0.15, 0.2) is 5.60 Å². The van der Waals surface area contributed by atoms with E-state index in [4.69, 9.17) is 9.84 Å². The Morgan fingerprint density at radius 3 is 3.00 bits per heavy atom. The molecule has 0 aromatic rings. The molecule has 0 saturated heterocycles. The zero-order chi connectivity index (χ0) is 10.4. The minimum absolute atomic E-state index is 0.137. The highest BCUT2D eigenvalue weighted by Crippen LogP contribution is 2.40. The summed E-state index contributed by atoms with van der Waals surface area (Å²) in [5.74, 6) is 0.381. The number of aliphatic hydroxyl groups excluding tert-OH is 1. The Balaban J connectivity index is 2.52. The van der Waals surface area contributed by atoms with Crippen LogP contribution in [0.25, 0.3) is 0 Å². The van der Waals surface area contributed by atoms with Gasteiger partial charge in [0.2, 0.25) is 0 Å². The summed E-state index contributed by atoms with van der Waals surface area (Å²) in [6.07, 6.45) is 4.67. The molecule has 0 heterocycles. The van der Waals surface area contributed by atoms with Gasteiger partial charge in [-0.2, -0.15) is 5.26 Å². The number of rotatable bonds is 5. The van der Waals surface area contributed by atoms with Crippen molar-refractivity contribution in [3.05, 3.63) is 0 Å². The average molecular weight is 197 g/mol. The first-order chi connectivity index (χ1) is 6.79. The van der Waals surface area contributed by atoms with Crippen LogP contribution in [0.1, 0.15) is 39.0 Å². The molecule has 0 bridgehead atoms. The third-order valence-corrected chi connectivity index (χ3v) is 3.10. The van der Waals surface area contributed by atoms with E-state index in [2.05, 4.69) is 13.0 Å². The molecule has 3 heteroatoms. The Bertz CT molecular complexity index is 212. The van der Waals surface area contributed by atoms with E-state index in [1.807, 2.05) is 0 Å². The van der Waals surface area contributed by atoms with Gasteiger partial charge < -0.3 is 9.84 Å². The molecule has 1 fully saturated rings. The maximum Gasteiger partial charge on any atom is 0.156 e. The minimum Gasteiger partial charge on any atom is -0.396 e. The lowest BCUT2D eigenvalue weighted by Gasteiger charge is -2.28. The van der Waals surface area contributed by atoms with Crippen LogP contribution >= 0.6 is 0 Å². The second kappa shape index (κ2) is 5.33. The molecule has 1 rings (SSSR count). The monoisotopic (exact) mass is 197 g/mol. The highest BCUT2D eigenvalue weighted by Gasteiger charge is 2.43. The van der Waals surface area contributed by atoms with E-state index in [0.717, 1.165) is 25.7 Å². The second-order valence-corrected chi connectivity index (χ2v) is 3.92. The van der Waals surface area contributed by atoms with Gasteiger partial charge in [-0.1, -0.05) is 6.92 Å². The van der Waals surface area contributed by atoms with Crippen LogP contribution in [0.3, 0.4) is 0 Å². The molecule has 1 saturated carbocycles. The molecule has 80 valence electrons. The number of hydrogen-bond acceptors (Lipinski definition) is 3. The molecule has 0 amide bonds. The summed E-state index contributed by atoms with van der Waals surface area (Å²) in [6.45, 7) is 2.75. The quantitative estimate of drug-likeness (QED) is 0.684. The highest BCUT2D eigenvalue weighted by molar-refractivity contribution is 5.09. The normalized spacial score (nSPS) is 31.6. The van der Waals surface area contributed by atoms with Crippen molar-refractivity contribution in [2.24, 2.45) is 5.92 Å². The standard InChI is InChI=1S/C11H19NO2/c1-2-10-5-3-6-11(10,9-12)14-8-4-7-13/h10,13H,2-8H2,1H3. The van der Waals surface area contributed by atoms with E-state index in [9.17, 15) is 5.26 Å². The van der Waals surface area contributed by atoms with Crippen LogP contribution in [0.15, 0.2) is 0 Å². The first-order valence-corrected chi connectivity index (χ1v) is 5.45. The van der Waals surface area contributed by atoms with Gasteiger partial charge in [0.1, 0.15) is 0 Å². The fourth-order valence-electron chi connectivity index (χ4n) is 2.27. The summed E-state index contributed by atoms with van der Waals surface area (Å²) in [7, 11) is 0. The molecule has 1 aliphatic carbocycles. The summed E-state index contributed by atoms with van der Waals surface area (Å²) in [5.41, 5.74) is -0.552. The Morgan fingerprint density at radius 2 is 2.43 bits per heavy atom. The van der Waals surface area contributed by atoms with Crippen molar-refractivity contribution in [2.75, 3.05) is 13.2 Å². The smallest absolute Gasteiger partial charge is 0.156 e. The van der Waals surface area contributed by atoms with Gasteiger partial charge in [-0.15, -0.1) is 0 Å². The van der Waals surface area contributed by atoms with Crippen LogP contribution in [0, 0.1) is 17.2 Å². The predicted molar refractivity (Wildman–Crippen MR) is 53.6 cm³/mol. The lowest BCUT2D eigenvalue weighted by atomic mass is 9.90. The molecular weight excluding hydrogens is 178 g/mol. The first-order valence-electron chi connectivity index (χ1n) is 5.45. The third-order valence-electron chi connectivity index (χ3n) is 3.10. The van der Waals surface area contributed by atoms with Crippen molar-refractivity contribution in [3.63, 3.8) is 0 Å². The van der Waals surface area contributed by atoms with E-state index < -0.39 is 5.60 Å². The topological polar surface area (TPSA) is 53.2 Å². The van der Waals surface area contributed by atoms with E-state index in [0.29, 0.717) is 18.9 Å². The van der Waals surface area contributed by atoms with Gasteiger partial charge in [-0.05, 0) is 32.1 Å². The number of aliphatic hydroxyl groups is 1. The number of hydrogen-bond donors (Lipinski definition) is 1. The van der Waals surface area contributed by atoms with Crippen LogP contribution < -0.4 is 0 Å². The molecule has 3 nitrogen and oxygen atoms in total. The molecule has 2 atom stereocenters. The van der Waals surface area contributed by atoms with Crippen LogP contribution in [0.5, 0.6) is 0 Å². The molecule has 14 heavy (non-hydrogen) atoms. The second-order valence-electron chi connectivity index (χ2n) is 3.92. The SMILES string of the molecule is CCC1CCCC1(C#N)OCCCO. The van der Waals surface area contributed by atoms with Crippen molar-refractivity contribution >= 4 is 0 Å². The van der Waals surface area contributed by atoms with E-state index >= 15 is 0 Å². The molecule has 0 aromatic heterocycles. The summed E-state index contributed by atoms with van der Waals surface area (Å²) in [5, 5.41) is 17.8. The van der Waals surface area contributed by atoms with Crippen LogP contribution in [0.4, 0.5) is 0 Å². The summed E-state index contributed by atoms with van der Waals surface area (Å²) < 4.78 is 5.66. The molecule has 1 N–H and O–H groups in total. The number of nitrogens with zero attached hydrogens (tertiary/aromatic N) is 1. The maximum atomic E-state index is 9.18. The zero-order valence-corrected chi connectivity index (χ0v) is 8.83. The average Bonchev–Trinajstić information content (AvgIpc) is 2.62. The van der Waals surface area contributed by atoms with Gasteiger partial charge in [0.25, 0.3) is 0 Å². The van der Waals surface area contributed by atoms with Crippen molar-refractivity contribution in [1.29, 1.82) is 5.26 Å². The van der Waals surface area contributed by atoms with Crippen LogP contribution in [-0.4, -0.2) is 23.9 Å². The molecule has 2 unspecified atom stereocenters. The van der Waals surface area contributed by atoms with E-state index in [1.54, 1.807) is 0 Å². The van der Waals surface area contributed by atoms with Crippen molar-refractivity contribution < 1.29 is 9.84 Å². The lowest BCUT2D eigenvalue weighted by molar-refractivity contribution is -0.0347. The predicted octanol–water partition coefficient (Wildman–Crippen LogP) is 1.86. The van der Waals surface area contributed by atoms with Gasteiger partial charge in [0.05, 0.1) is 12.7 Å². The minimum atomic E-state index is -0.552. The van der Waals surface area contributed by atoms with Gasteiger partial charge in [0, 0.05) is 12.5 Å². The molecule has 0 aromatic carbocycles. The van der Waals surface area contributed by atoms with Gasteiger partial charge in [-0.3, -0.25) is 0 Å². The highest BCUT2D eigenvalue weighted by atomic mass is 16.5. The Kier molecular flexibility index (Phi) is 4.37. The summed E-state index contributed by atoms with van der Waals surface area (Å²) >= 11 is 0. The first kappa shape index (κ1) is 11.5. The van der Waals surface area contributed by atoms with Gasteiger partial charge >= 0.3 is 0 Å². The number of nitriles is 1. The third kappa shape index (κ3) is 2.26. The van der Waals surface area contributed by atoms with E-state index in [-0.39, 0.29) is 6.61 Å². The molecule has 0 aliphatic heterocycles. The number of ether oxygens (including phenoxy) is 1. The largest absolute Gasteiger partial charge is 0.396 e. The van der Waals surface area contributed by atoms with Crippen molar-refractivity contribution in [1.82, 2.24) is 0 Å². The van der Waals surface area contributed by atoms with Crippen LogP contribution in [0.2, 0.25) is 0 Å². The Labute approximate surface area is 85.7 Å². The van der Waals surface area contributed by atoms with Crippen LogP contribution in [-0.2, 0) is 4.74 Å². The summed E-state index contributed by atoms with van der Waals surface area (Å²) in [6, 6.07) is 2.33. The van der Waals surface area contributed by atoms with Crippen molar-refractivity contribution in [3.8, 4) is 6.07 Å². The zero-order valence-electron chi connectivity index (χ0n) is 8.83. The lowest BCUT2D eigenvalue weighted by Crippen LogP contribution is -2.35.